The van der Waals surface area contributed by atoms with Crippen LogP contribution < -0.4 is 5.32 Å². The highest BCUT2D eigenvalue weighted by atomic mass is 16.3. The van der Waals surface area contributed by atoms with Gasteiger partial charge in [0.1, 0.15) is 5.75 Å². The summed E-state index contributed by atoms with van der Waals surface area (Å²) in [6.45, 7) is 4.01. The fourth-order valence-electron chi connectivity index (χ4n) is 2.23. The number of benzene rings is 1. The molecule has 2 nitrogen and oxygen atoms in total. The number of hydrogen-bond acceptors (Lipinski definition) is 2. The maximum atomic E-state index is 9.41. The average Bonchev–Trinajstić information content (AvgIpc) is 2.60. The zero-order chi connectivity index (χ0) is 11.8. The Hall–Kier alpha value is -1.46. The Labute approximate surface area is 96.7 Å². The predicted molar refractivity (Wildman–Crippen MR) is 65.2 cm³/mol. The maximum Gasteiger partial charge on any atom is 0.115 e. The second-order valence-electron chi connectivity index (χ2n) is 4.89. The fourth-order valence-corrected chi connectivity index (χ4v) is 2.23. The van der Waals surface area contributed by atoms with Crippen LogP contribution >= 0.6 is 0 Å². The number of phenols is 1. The Morgan fingerprint density at radius 2 is 2.25 bits per heavy atom. The van der Waals surface area contributed by atoms with Crippen LogP contribution in [0.1, 0.15) is 37.4 Å². The van der Waals surface area contributed by atoms with Gasteiger partial charge >= 0.3 is 0 Å². The van der Waals surface area contributed by atoms with Gasteiger partial charge in [-0.3, -0.25) is 5.32 Å². The number of nitrogens with one attached hydrogen (secondary N) is 1. The molecule has 0 aliphatic heterocycles. The van der Waals surface area contributed by atoms with E-state index in [2.05, 4.69) is 11.2 Å². The van der Waals surface area contributed by atoms with E-state index >= 15 is 0 Å². The van der Waals surface area contributed by atoms with Crippen molar-refractivity contribution in [2.24, 2.45) is 0 Å². The van der Waals surface area contributed by atoms with E-state index in [-0.39, 0.29) is 5.54 Å². The minimum atomic E-state index is -0.288. The number of rotatable bonds is 2. The lowest BCUT2D eigenvalue weighted by Gasteiger charge is -2.25. The van der Waals surface area contributed by atoms with Gasteiger partial charge in [-0.15, -0.1) is 6.42 Å². The Kier molecular flexibility index (Phi) is 2.65. The molecule has 2 rings (SSSR count). The highest BCUT2D eigenvalue weighted by Crippen LogP contribution is 2.34. The van der Waals surface area contributed by atoms with Gasteiger partial charge in [0, 0.05) is 6.04 Å². The Bertz CT molecular complexity index is 443. The van der Waals surface area contributed by atoms with Crippen LogP contribution in [0.3, 0.4) is 0 Å². The van der Waals surface area contributed by atoms with Crippen molar-refractivity contribution in [1.82, 2.24) is 5.32 Å². The molecule has 1 aliphatic carbocycles. The molecule has 0 fully saturated rings. The fraction of sp³-hybridized carbons (Fsp3) is 0.429. The molecule has 2 N–H and O–H groups in total. The first-order valence-electron chi connectivity index (χ1n) is 5.59. The zero-order valence-corrected chi connectivity index (χ0v) is 9.75. The monoisotopic (exact) mass is 215 g/mol. The summed E-state index contributed by atoms with van der Waals surface area (Å²) < 4.78 is 0. The first-order chi connectivity index (χ1) is 7.52. The molecule has 16 heavy (non-hydrogen) atoms. The summed E-state index contributed by atoms with van der Waals surface area (Å²) in [4.78, 5) is 0. The lowest BCUT2D eigenvalue weighted by Crippen LogP contribution is -2.39. The second-order valence-corrected chi connectivity index (χ2v) is 4.89. The van der Waals surface area contributed by atoms with Crippen molar-refractivity contribution in [2.75, 3.05) is 0 Å². The summed E-state index contributed by atoms with van der Waals surface area (Å²) in [5, 5.41) is 12.9. The number of fused-ring (bicyclic) bond motifs is 1. The van der Waals surface area contributed by atoms with Crippen LogP contribution in [0.25, 0.3) is 0 Å². The van der Waals surface area contributed by atoms with Crippen LogP contribution in [-0.2, 0) is 6.42 Å². The summed E-state index contributed by atoms with van der Waals surface area (Å²) in [5.41, 5.74) is 2.20. The summed E-state index contributed by atoms with van der Waals surface area (Å²) in [6.07, 6.45) is 7.52. The first kappa shape index (κ1) is 11.0. The molecular formula is C14H17NO. The van der Waals surface area contributed by atoms with Gasteiger partial charge < -0.3 is 5.11 Å². The quantitative estimate of drug-likeness (QED) is 0.742. The van der Waals surface area contributed by atoms with E-state index in [1.54, 1.807) is 6.07 Å². The molecule has 1 atom stereocenters. The highest BCUT2D eigenvalue weighted by Gasteiger charge is 2.27. The summed E-state index contributed by atoms with van der Waals surface area (Å²) >= 11 is 0. The van der Waals surface area contributed by atoms with Crippen molar-refractivity contribution in [2.45, 2.75) is 38.3 Å². The van der Waals surface area contributed by atoms with Crippen LogP contribution in [0.5, 0.6) is 5.75 Å². The number of phenolic OH excluding ortho intramolecular Hbond substituents is 1. The predicted octanol–water partition coefficient (Wildman–Crippen LogP) is 2.38. The SMILES string of the molecule is C#CC(C)(C)NC1CCc2cc(O)ccc21. The number of aromatic hydroxyl groups is 1. The third-order valence-electron chi connectivity index (χ3n) is 3.10. The normalized spacial score (nSPS) is 19.2. The van der Waals surface area contributed by atoms with Gasteiger partial charge in [0.2, 0.25) is 0 Å². The standard InChI is InChI=1S/C14H17NO/c1-4-14(2,3)15-13-8-5-10-9-11(16)6-7-12(10)13/h1,6-7,9,13,15-16H,5,8H2,2-3H3. The van der Waals surface area contributed by atoms with E-state index in [4.69, 9.17) is 6.42 Å². The molecule has 84 valence electrons. The summed E-state index contributed by atoms with van der Waals surface area (Å²) in [7, 11) is 0. The summed E-state index contributed by atoms with van der Waals surface area (Å²) in [5.74, 6) is 3.09. The average molecular weight is 215 g/mol. The molecule has 0 saturated carbocycles. The van der Waals surface area contributed by atoms with Gasteiger partial charge in [-0.25, -0.2) is 0 Å². The van der Waals surface area contributed by atoms with E-state index < -0.39 is 0 Å². The maximum absolute atomic E-state index is 9.41. The first-order valence-corrected chi connectivity index (χ1v) is 5.59. The molecule has 1 aliphatic rings. The molecule has 0 saturated heterocycles. The number of terminal acetylenes is 1. The van der Waals surface area contributed by atoms with Crippen molar-refractivity contribution in [3.8, 4) is 18.1 Å². The van der Waals surface area contributed by atoms with E-state index in [0.717, 1.165) is 12.8 Å². The lowest BCUT2D eigenvalue weighted by atomic mass is 10.0. The van der Waals surface area contributed by atoms with Gasteiger partial charge in [-0.2, -0.15) is 0 Å². The van der Waals surface area contributed by atoms with Crippen LogP contribution in [0.4, 0.5) is 0 Å². The molecule has 0 spiro atoms. The van der Waals surface area contributed by atoms with Gasteiger partial charge in [-0.05, 0) is 49.9 Å². The molecule has 2 heteroatoms. The minimum Gasteiger partial charge on any atom is -0.508 e. The van der Waals surface area contributed by atoms with Crippen molar-refractivity contribution >= 4 is 0 Å². The van der Waals surface area contributed by atoms with Crippen molar-refractivity contribution in [1.29, 1.82) is 0 Å². The highest BCUT2D eigenvalue weighted by molar-refractivity contribution is 5.40. The third-order valence-corrected chi connectivity index (χ3v) is 3.10. The molecule has 0 radical (unpaired) electrons. The van der Waals surface area contributed by atoms with Crippen LogP contribution in [0.15, 0.2) is 18.2 Å². The molecule has 1 aromatic carbocycles. The van der Waals surface area contributed by atoms with E-state index in [1.165, 1.54) is 11.1 Å². The van der Waals surface area contributed by atoms with Gasteiger partial charge in [-0.1, -0.05) is 12.0 Å². The molecule has 0 aromatic heterocycles. The molecule has 1 unspecified atom stereocenters. The molecular weight excluding hydrogens is 198 g/mol. The van der Waals surface area contributed by atoms with Crippen LogP contribution in [0, 0.1) is 12.3 Å². The lowest BCUT2D eigenvalue weighted by molar-refractivity contribution is 0.410. The number of hydrogen-bond donors (Lipinski definition) is 2. The Morgan fingerprint density at radius 3 is 2.94 bits per heavy atom. The second kappa shape index (κ2) is 3.84. The van der Waals surface area contributed by atoms with Crippen LogP contribution in [-0.4, -0.2) is 10.6 Å². The van der Waals surface area contributed by atoms with Crippen molar-refractivity contribution in [3.05, 3.63) is 29.3 Å². The molecule has 0 heterocycles. The Balaban J connectivity index is 2.22. The largest absolute Gasteiger partial charge is 0.508 e. The summed E-state index contributed by atoms with van der Waals surface area (Å²) in [6, 6.07) is 5.88. The smallest absolute Gasteiger partial charge is 0.115 e. The zero-order valence-electron chi connectivity index (χ0n) is 9.75. The van der Waals surface area contributed by atoms with E-state index in [9.17, 15) is 5.11 Å². The molecule has 0 amide bonds. The van der Waals surface area contributed by atoms with Gasteiger partial charge in [0.25, 0.3) is 0 Å². The topological polar surface area (TPSA) is 32.3 Å². The van der Waals surface area contributed by atoms with E-state index in [1.807, 2.05) is 26.0 Å². The van der Waals surface area contributed by atoms with Gasteiger partial charge in [0.05, 0.1) is 5.54 Å². The number of aryl methyl sites for hydroxylation is 1. The minimum absolute atomic E-state index is 0.288. The molecule has 1 aromatic rings. The third kappa shape index (κ3) is 2.05. The van der Waals surface area contributed by atoms with Crippen molar-refractivity contribution < 1.29 is 5.11 Å². The van der Waals surface area contributed by atoms with Crippen molar-refractivity contribution in [3.63, 3.8) is 0 Å². The van der Waals surface area contributed by atoms with Gasteiger partial charge in [0.15, 0.2) is 0 Å². The van der Waals surface area contributed by atoms with Crippen LogP contribution in [0.2, 0.25) is 0 Å². The Morgan fingerprint density at radius 1 is 1.50 bits per heavy atom. The van der Waals surface area contributed by atoms with E-state index in [0.29, 0.717) is 11.8 Å². The molecule has 0 bridgehead atoms.